The second-order valence-corrected chi connectivity index (χ2v) is 9.74. The van der Waals surface area contributed by atoms with Gasteiger partial charge in [-0.05, 0) is 19.3 Å². The summed E-state index contributed by atoms with van der Waals surface area (Å²) in [5, 5.41) is 0. The van der Waals surface area contributed by atoms with Crippen LogP contribution in [-0.4, -0.2) is 177 Å². The molecule has 0 amide bonds. The van der Waals surface area contributed by atoms with Gasteiger partial charge >= 0.3 is 5.97 Å². The zero-order valence-corrected chi connectivity index (χ0v) is 28.0. The maximum atomic E-state index is 10.6. The largest absolute Gasteiger partial charge is 0.463 e. The van der Waals surface area contributed by atoms with E-state index in [1.807, 2.05) is 0 Å². The number of hydrogen-bond donors (Lipinski definition) is 0. The molecule has 0 aliphatic carbocycles. The van der Waals surface area contributed by atoms with E-state index < -0.39 is 0 Å². The third-order valence-electron chi connectivity index (χ3n) is 5.92. The zero-order valence-electron chi connectivity index (χ0n) is 28.0. The van der Waals surface area contributed by atoms with Gasteiger partial charge in [0.05, 0.1) is 152 Å². The van der Waals surface area contributed by atoms with Crippen LogP contribution in [0, 0.1) is 0 Å². The van der Waals surface area contributed by atoms with Crippen LogP contribution in [0.1, 0.15) is 26.2 Å². The Morgan fingerprint density at radius 1 is 0.435 bits per heavy atom. The van der Waals surface area contributed by atoms with E-state index in [0.717, 1.165) is 25.9 Å². The Kier molecular flexibility index (Phi) is 34.4. The lowest BCUT2D eigenvalue weighted by atomic mass is 10.2. The van der Waals surface area contributed by atoms with Crippen molar-refractivity contribution in [2.24, 2.45) is 0 Å². The van der Waals surface area contributed by atoms with Crippen molar-refractivity contribution >= 4 is 5.97 Å². The van der Waals surface area contributed by atoms with Gasteiger partial charge in [0.25, 0.3) is 0 Å². The van der Waals surface area contributed by atoms with Gasteiger partial charge in [0.15, 0.2) is 6.29 Å². The molecule has 0 aromatic rings. The number of ether oxygens (including phenoxy) is 14. The summed E-state index contributed by atoms with van der Waals surface area (Å²) in [4.78, 5) is 10.6. The third kappa shape index (κ3) is 34.3. The molecule has 1 aliphatic heterocycles. The first-order valence-electron chi connectivity index (χ1n) is 16.5. The molecule has 0 aromatic heterocycles. The monoisotopic (exact) mass is 672 g/mol. The van der Waals surface area contributed by atoms with Crippen molar-refractivity contribution in [1.29, 1.82) is 0 Å². The number of carbonyl (C=O) groups excluding carboxylic acids is 1. The normalized spacial score (nSPS) is 15.0. The fraction of sp³-hybridized carbons (Fsp3) is 0.968. The number of hydrogen-bond acceptors (Lipinski definition) is 15. The molecule has 0 aromatic carbocycles. The van der Waals surface area contributed by atoms with Crippen molar-refractivity contribution < 1.29 is 71.1 Å². The van der Waals surface area contributed by atoms with Gasteiger partial charge in [-0.3, -0.25) is 4.79 Å². The Balaban J connectivity index is 1.60. The van der Waals surface area contributed by atoms with E-state index in [-0.39, 0.29) is 18.9 Å². The van der Waals surface area contributed by atoms with E-state index in [1.165, 1.54) is 6.92 Å². The van der Waals surface area contributed by atoms with Crippen LogP contribution in [0.25, 0.3) is 0 Å². The van der Waals surface area contributed by atoms with Gasteiger partial charge in [-0.2, -0.15) is 0 Å². The Labute approximate surface area is 274 Å². The van der Waals surface area contributed by atoms with Crippen molar-refractivity contribution in [3.05, 3.63) is 0 Å². The van der Waals surface area contributed by atoms with Gasteiger partial charge in [0, 0.05) is 13.5 Å². The van der Waals surface area contributed by atoms with Crippen LogP contribution >= 0.6 is 0 Å². The molecule has 0 spiro atoms. The van der Waals surface area contributed by atoms with E-state index in [4.69, 9.17) is 66.3 Å². The van der Waals surface area contributed by atoms with Crippen LogP contribution in [0.4, 0.5) is 0 Å². The van der Waals surface area contributed by atoms with Crippen molar-refractivity contribution in [2.75, 3.05) is 165 Å². The van der Waals surface area contributed by atoms with E-state index in [9.17, 15) is 4.79 Å². The molecule has 1 aliphatic rings. The Morgan fingerprint density at radius 2 is 0.717 bits per heavy atom. The van der Waals surface area contributed by atoms with Gasteiger partial charge in [-0.25, -0.2) is 0 Å². The predicted molar refractivity (Wildman–Crippen MR) is 165 cm³/mol. The number of carbonyl (C=O) groups is 1. The molecule has 15 heteroatoms. The highest BCUT2D eigenvalue weighted by atomic mass is 16.7. The average molecular weight is 673 g/mol. The van der Waals surface area contributed by atoms with Gasteiger partial charge < -0.3 is 66.3 Å². The summed E-state index contributed by atoms with van der Waals surface area (Å²) in [5.41, 5.74) is 0. The van der Waals surface area contributed by atoms with Crippen LogP contribution in [-0.2, 0) is 71.1 Å². The minimum absolute atomic E-state index is 0.0688. The molecule has 0 radical (unpaired) electrons. The van der Waals surface area contributed by atoms with Crippen LogP contribution < -0.4 is 0 Å². The summed E-state index contributed by atoms with van der Waals surface area (Å²) in [5.74, 6) is -0.311. The van der Waals surface area contributed by atoms with E-state index in [1.54, 1.807) is 0 Å². The van der Waals surface area contributed by atoms with Crippen molar-refractivity contribution in [2.45, 2.75) is 32.5 Å². The van der Waals surface area contributed by atoms with Crippen LogP contribution in [0.3, 0.4) is 0 Å². The van der Waals surface area contributed by atoms with Gasteiger partial charge in [-0.15, -0.1) is 0 Å². The van der Waals surface area contributed by atoms with Crippen LogP contribution in [0.5, 0.6) is 0 Å². The highest BCUT2D eigenvalue weighted by Crippen LogP contribution is 2.13. The van der Waals surface area contributed by atoms with Gasteiger partial charge in [-0.1, -0.05) is 0 Å². The molecule has 274 valence electrons. The van der Waals surface area contributed by atoms with Crippen molar-refractivity contribution in [1.82, 2.24) is 0 Å². The molecule has 0 N–H and O–H groups in total. The Bertz CT molecular complexity index is 610. The smallest absolute Gasteiger partial charge is 0.302 e. The standard InChI is InChI=1S/C31H60O15/c1-30(32)44-28-26-42-24-22-40-20-18-38-16-14-36-12-10-34-8-6-33-7-9-35-11-13-37-15-17-39-19-21-41-23-25-43-27-29-46-31-4-2-3-5-45-31/h31H,2-29H2,1H3. The molecular weight excluding hydrogens is 612 g/mol. The third-order valence-corrected chi connectivity index (χ3v) is 5.92. The first kappa shape index (κ1) is 43.0. The molecule has 1 rings (SSSR count). The fourth-order valence-corrected chi connectivity index (χ4v) is 3.63. The highest BCUT2D eigenvalue weighted by molar-refractivity contribution is 5.65. The second kappa shape index (κ2) is 36.8. The van der Waals surface area contributed by atoms with Crippen LogP contribution in [0.15, 0.2) is 0 Å². The fourth-order valence-electron chi connectivity index (χ4n) is 3.63. The molecule has 46 heavy (non-hydrogen) atoms. The molecule has 15 nitrogen and oxygen atoms in total. The van der Waals surface area contributed by atoms with Gasteiger partial charge in [0.1, 0.15) is 6.61 Å². The maximum Gasteiger partial charge on any atom is 0.302 e. The SMILES string of the molecule is CC(=O)OCCOCCOCCOCCOCCOCCOCCOCCOCCOCCOCCOCCOC1CCCCO1. The summed E-state index contributed by atoms with van der Waals surface area (Å²) in [7, 11) is 0. The summed E-state index contributed by atoms with van der Waals surface area (Å²) in [6.45, 7) is 13.8. The molecule has 0 bridgehead atoms. The lowest BCUT2D eigenvalue weighted by Gasteiger charge is -2.22. The van der Waals surface area contributed by atoms with Crippen molar-refractivity contribution in [3.63, 3.8) is 0 Å². The molecule has 1 atom stereocenters. The molecule has 1 heterocycles. The average Bonchev–Trinajstić information content (AvgIpc) is 3.06. The lowest BCUT2D eigenvalue weighted by molar-refractivity contribution is -0.169. The second-order valence-electron chi connectivity index (χ2n) is 9.74. The number of esters is 1. The number of rotatable bonds is 37. The predicted octanol–water partition coefficient (Wildman–Crippen LogP) is 1.28. The summed E-state index contributed by atoms with van der Waals surface area (Å²) < 4.78 is 75.7. The summed E-state index contributed by atoms with van der Waals surface area (Å²) in [6, 6.07) is 0. The van der Waals surface area contributed by atoms with Crippen molar-refractivity contribution in [3.8, 4) is 0 Å². The highest BCUT2D eigenvalue weighted by Gasteiger charge is 2.13. The first-order valence-corrected chi connectivity index (χ1v) is 16.5. The lowest BCUT2D eigenvalue weighted by Crippen LogP contribution is -2.24. The Morgan fingerprint density at radius 3 is 0.978 bits per heavy atom. The van der Waals surface area contributed by atoms with E-state index in [2.05, 4.69) is 0 Å². The topological polar surface area (TPSA) is 146 Å². The maximum absolute atomic E-state index is 10.6. The molecule has 0 saturated carbocycles. The molecule has 1 saturated heterocycles. The minimum Gasteiger partial charge on any atom is -0.463 e. The molecule has 1 fully saturated rings. The first-order chi connectivity index (χ1) is 22.8. The van der Waals surface area contributed by atoms with Gasteiger partial charge in [0.2, 0.25) is 0 Å². The quantitative estimate of drug-likeness (QED) is 0.0689. The molecular formula is C31H60O15. The Hall–Kier alpha value is -1.05. The molecule has 1 unspecified atom stereocenters. The van der Waals surface area contributed by atoms with E-state index >= 15 is 0 Å². The summed E-state index contributed by atoms with van der Waals surface area (Å²) in [6.07, 6.45) is 3.18. The zero-order chi connectivity index (χ0) is 32.9. The van der Waals surface area contributed by atoms with E-state index in [0.29, 0.717) is 152 Å². The summed E-state index contributed by atoms with van der Waals surface area (Å²) >= 11 is 0. The van der Waals surface area contributed by atoms with Crippen LogP contribution in [0.2, 0.25) is 0 Å². The minimum atomic E-state index is -0.311.